The molecule has 3 heterocycles. The van der Waals surface area contributed by atoms with E-state index >= 15 is 0 Å². The van der Waals surface area contributed by atoms with Crippen LogP contribution in [-0.2, 0) is 11.2 Å². The molecule has 0 spiro atoms. The van der Waals surface area contributed by atoms with Gasteiger partial charge in [-0.25, -0.2) is 9.97 Å². The average Bonchev–Trinajstić information content (AvgIpc) is 3.09. The maximum Gasteiger partial charge on any atom is 0.227 e. The fraction of sp³-hybridized carbons (Fsp3) is 0.533. The van der Waals surface area contributed by atoms with Crippen molar-refractivity contribution >= 4 is 28.6 Å². The molecule has 1 saturated heterocycles. The third-order valence-electron chi connectivity index (χ3n) is 3.89. The van der Waals surface area contributed by atoms with E-state index in [1.165, 1.54) is 0 Å². The first-order chi connectivity index (χ1) is 10.1. The number of hydrogen-bond acceptors (Lipinski definition) is 5. The van der Waals surface area contributed by atoms with Gasteiger partial charge in [-0.2, -0.15) is 0 Å². The molecule has 1 aliphatic rings. The van der Waals surface area contributed by atoms with E-state index in [0.717, 1.165) is 46.5 Å². The highest BCUT2D eigenvalue weighted by atomic mass is 32.1. The molecule has 0 radical (unpaired) electrons. The Labute approximate surface area is 132 Å². The van der Waals surface area contributed by atoms with Gasteiger partial charge in [0, 0.05) is 35.5 Å². The number of rotatable bonds is 3. The lowest BCUT2D eigenvalue weighted by Crippen LogP contribution is -2.39. The van der Waals surface area contributed by atoms with Gasteiger partial charge < -0.3 is 4.90 Å². The minimum atomic E-state index is 0.225. The third-order valence-corrected chi connectivity index (χ3v) is 5.90. The summed E-state index contributed by atoms with van der Waals surface area (Å²) in [6, 6.07) is 0. The van der Waals surface area contributed by atoms with Crippen molar-refractivity contribution in [1.29, 1.82) is 0 Å². The van der Waals surface area contributed by atoms with Crippen molar-refractivity contribution < 1.29 is 4.79 Å². The zero-order chi connectivity index (χ0) is 14.8. The number of aryl methyl sites for hydroxylation is 2. The molecule has 0 bridgehead atoms. The van der Waals surface area contributed by atoms with Crippen molar-refractivity contribution in [2.75, 3.05) is 13.1 Å². The minimum Gasteiger partial charge on any atom is -0.342 e. The first-order valence-corrected chi connectivity index (χ1v) is 8.93. The summed E-state index contributed by atoms with van der Waals surface area (Å²) in [6.45, 7) is 5.66. The molecule has 6 heteroatoms. The summed E-state index contributed by atoms with van der Waals surface area (Å²) in [7, 11) is 0. The largest absolute Gasteiger partial charge is 0.342 e. The average molecular weight is 321 g/mol. The third kappa shape index (κ3) is 3.32. The normalized spacial score (nSPS) is 19.0. The first-order valence-electron chi connectivity index (χ1n) is 7.23. The number of likely N-dealkylation sites (tertiary alicyclic amines) is 1. The minimum absolute atomic E-state index is 0.225. The highest BCUT2D eigenvalue weighted by Crippen LogP contribution is 2.29. The number of piperidine rings is 1. The summed E-state index contributed by atoms with van der Waals surface area (Å²) in [4.78, 5) is 24.5. The number of thiazole rings is 2. The molecule has 4 nitrogen and oxygen atoms in total. The van der Waals surface area contributed by atoms with Crippen LogP contribution in [-0.4, -0.2) is 33.9 Å². The summed E-state index contributed by atoms with van der Waals surface area (Å²) in [5.74, 6) is 0.634. The molecule has 1 aliphatic heterocycles. The molecule has 1 fully saturated rings. The summed E-state index contributed by atoms with van der Waals surface area (Å²) in [6.07, 6.45) is 4.54. The van der Waals surface area contributed by atoms with Gasteiger partial charge in [0.2, 0.25) is 5.91 Å². The molecule has 1 atom stereocenters. The van der Waals surface area contributed by atoms with Crippen LogP contribution >= 0.6 is 22.7 Å². The summed E-state index contributed by atoms with van der Waals surface area (Å²) in [5.41, 5.74) is 0.999. The van der Waals surface area contributed by atoms with Crippen LogP contribution in [0.2, 0.25) is 0 Å². The highest BCUT2D eigenvalue weighted by Gasteiger charge is 2.26. The Morgan fingerprint density at radius 3 is 3.00 bits per heavy atom. The van der Waals surface area contributed by atoms with Gasteiger partial charge in [-0.05, 0) is 26.7 Å². The van der Waals surface area contributed by atoms with Gasteiger partial charge in [0.05, 0.1) is 22.1 Å². The van der Waals surface area contributed by atoms with Crippen LogP contribution in [0.15, 0.2) is 11.6 Å². The Kier molecular flexibility index (Phi) is 4.35. The maximum atomic E-state index is 12.5. The molecule has 21 heavy (non-hydrogen) atoms. The summed E-state index contributed by atoms with van der Waals surface area (Å²) in [5, 5.41) is 4.21. The first kappa shape index (κ1) is 14.7. The van der Waals surface area contributed by atoms with Crippen LogP contribution in [0.4, 0.5) is 0 Å². The van der Waals surface area contributed by atoms with Gasteiger partial charge >= 0.3 is 0 Å². The maximum absolute atomic E-state index is 12.5. The van der Waals surface area contributed by atoms with Gasteiger partial charge in [-0.3, -0.25) is 4.79 Å². The number of nitrogens with zero attached hydrogens (tertiary/aromatic N) is 3. The fourth-order valence-electron chi connectivity index (χ4n) is 2.83. The fourth-order valence-corrected chi connectivity index (χ4v) is 4.52. The molecule has 3 rings (SSSR count). The Hall–Kier alpha value is -1.27. The molecule has 1 amide bonds. The molecule has 2 aromatic rings. The standard InChI is InChI=1S/C15H19N3OS2/c1-10-13(21-11(2)17-10)8-14(19)18-6-3-4-12(9-18)15-16-5-7-20-15/h5,7,12H,3-4,6,8-9H2,1-2H3. The van der Waals surface area contributed by atoms with Crippen molar-refractivity contribution in [2.24, 2.45) is 0 Å². The van der Waals surface area contributed by atoms with Gasteiger partial charge in [0.25, 0.3) is 0 Å². The van der Waals surface area contributed by atoms with Crippen molar-refractivity contribution in [3.63, 3.8) is 0 Å². The second-order valence-corrected chi connectivity index (χ2v) is 7.68. The Morgan fingerprint density at radius 1 is 1.48 bits per heavy atom. The number of carbonyl (C=O) groups is 1. The molecule has 0 N–H and O–H groups in total. The predicted octanol–water partition coefficient (Wildman–Crippen LogP) is 3.17. The number of aromatic nitrogens is 2. The summed E-state index contributed by atoms with van der Waals surface area (Å²) < 4.78 is 0. The van der Waals surface area contributed by atoms with E-state index in [-0.39, 0.29) is 5.91 Å². The lowest BCUT2D eigenvalue weighted by atomic mass is 9.98. The Morgan fingerprint density at radius 2 is 2.33 bits per heavy atom. The molecule has 1 unspecified atom stereocenters. The monoisotopic (exact) mass is 321 g/mol. The highest BCUT2D eigenvalue weighted by molar-refractivity contribution is 7.11. The van der Waals surface area contributed by atoms with E-state index in [0.29, 0.717) is 12.3 Å². The topological polar surface area (TPSA) is 46.1 Å². The van der Waals surface area contributed by atoms with Gasteiger partial charge in [-0.15, -0.1) is 22.7 Å². The van der Waals surface area contributed by atoms with Gasteiger partial charge in [-0.1, -0.05) is 0 Å². The van der Waals surface area contributed by atoms with E-state index in [1.54, 1.807) is 22.7 Å². The lowest BCUT2D eigenvalue weighted by molar-refractivity contribution is -0.131. The van der Waals surface area contributed by atoms with E-state index in [9.17, 15) is 4.79 Å². The van der Waals surface area contributed by atoms with Crippen LogP contribution in [0.3, 0.4) is 0 Å². The number of hydrogen-bond donors (Lipinski definition) is 0. The van der Waals surface area contributed by atoms with Crippen molar-refractivity contribution in [3.8, 4) is 0 Å². The molecular weight excluding hydrogens is 302 g/mol. The predicted molar refractivity (Wildman–Crippen MR) is 86.0 cm³/mol. The zero-order valence-electron chi connectivity index (χ0n) is 12.3. The van der Waals surface area contributed by atoms with Gasteiger partial charge in [0.1, 0.15) is 0 Å². The van der Waals surface area contributed by atoms with Crippen molar-refractivity contribution in [3.05, 3.63) is 32.2 Å². The van der Waals surface area contributed by atoms with Gasteiger partial charge in [0.15, 0.2) is 0 Å². The van der Waals surface area contributed by atoms with Crippen LogP contribution in [0.25, 0.3) is 0 Å². The molecule has 0 aromatic carbocycles. The van der Waals surface area contributed by atoms with Crippen LogP contribution in [0.1, 0.15) is 39.3 Å². The molecule has 0 aliphatic carbocycles. The smallest absolute Gasteiger partial charge is 0.227 e. The SMILES string of the molecule is Cc1nc(C)c(CC(=O)N2CCCC(c3nccs3)C2)s1. The van der Waals surface area contributed by atoms with Crippen molar-refractivity contribution in [2.45, 2.75) is 39.0 Å². The Bertz CT molecular complexity index is 621. The van der Waals surface area contributed by atoms with E-state index < -0.39 is 0 Å². The van der Waals surface area contributed by atoms with E-state index in [2.05, 4.69) is 9.97 Å². The molecular formula is C15H19N3OS2. The second kappa shape index (κ2) is 6.23. The van der Waals surface area contributed by atoms with Crippen molar-refractivity contribution in [1.82, 2.24) is 14.9 Å². The molecule has 112 valence electrons. The number of amides is 1. The van der Waals surface area contributed by atoms with Crippen LogP contribution in [0, 0.1) is 13.8 Å². The van der Waals surface area contributed by atoms with Crippen LogP contribution < -0.4 is 0 Å². The zero-order valence-corrected chi connectivity index (χ0v) is 14.0. The Balaban J connectivity index is 1.66. The molecule has 0 saturated carbocycles. The number of carbonyl (C=O) groups excluding carboxylic acids is 1. The van der Waals surface area contributed by atoms with E-state index in [4.69, 9.17) is 0 Å². The van der Waals surface area contributed by atoms with E-state index in [1.807, 2.05) is 30.3 Å². The second-order valence-electron chi connectivity index (χ2n) is 5.47. The molecule has 2 aromatic heterocycles. The summed E-state index contributed by atoms with van der Waals surface area (Å²) >= 11 is 3.33. The lowest BCUT2D eigenvalue weighted by Gasteiger charge is -2.31. The van der Waals surface area contributed by atoms with Crippen LogP contribution in [0.5, 0.6) is 0 Å². The quantitative estimate of drug-likeness (QED) is 0.872.